The number of ether oxygens (including phenoxy) is 1. The number of phenolic OH excluding ortho intramolecular Hbond substituents is 1. The Morgan fingerprint density at radius 1 is 1.62 bits per heavy atom. The molecule has 0 radical (unpaired) electrons. The minimum atomic E-state index is -0.716. The van der Waals surface area contributed by atoms with Crippen molar-refractivity contribution in [3.63, 3.8) is 0 Å². The maximum Gasteiger partial charge on any atom is 0.331 e. The Morgan fingerprint density at radius 3 is 3.06 bits per heavy atom. The predicted octanol–water partition coefficient (Wildman–Crippen LogP) is 1.68. The van der Waals surface area contributed by atoms with Gasteiger partial charge < -0.3 is 15.2 Å². The summed E-state index contributed by atoms with van der Waals surface area (Å²) in [6, 6.07) is 5.05. The van der Waals surface area contributed by atoms with E-state index in [2.05, 4.69) is 5.32 Å². The van der Waals surface area contributed by atoms with Gasteiger partial charge in [-0.1, -0.05) is 0 Å². The summed E-state index contributed by atoms with van der Waals surface area (Å²) in [5.74, 6) is -0.0423. The predicted molar refractivity (Wildman–Crippen MR) is 60.5 cm³/mol. The van der Waals surface area contributed by atoms with Gasteiger partial charge in [0.1, 0.15) is 11.3 Å². The normalized spacial score (nSPS) is 22.4. The molecule has 0 saturated heterocycles. The second kappa shape index (κ2) is 3.70. The number of rotatable bonds is 2. The van der Waals surface area contributed by atoms with Crippen molar-refractivity contribution in [2.75, 3.05) is 11.9 Å². The van der Waals surface area contributed by atoms with Crippen LogP contribution in [0.25, 0.3) is 0 Å². The van der Waals surface area contributed by atoms with Crippen LogP contribution in [-0.4, -0.2) is 23.2 Å². The molecule has 1 aromatic rings. The van der Waals surface area contributed by atoms with Gasteiger partial charge >= 0.3 is 5.97 Å². The van der Waals surface area contributed by atoms with Crippen molar-refractivity contribution in [3.05, 3.63) is 23.8 Å². The van der Waals surface area contributed by atoms with Crippen molar-refractivity contribution >= 4 is 11.7 Å². The largest absolute Gasteiger partial charge is 0.508 e. The molecule has 2 rings (SSSR count). The molecule has 0 fully saturated rings. The van der Waals surface area contributed by atoms with E-state index < -0.39 is 5.54 Å². The Bertz CT molecular complexity index is 430. The van der Waals surface area contributed by atoms with Crippen LogP contribution in [0.1, 0.15) is 19.4 Å². The SMILES string of the molecule is CCOC(=O)C1(C)Cc2cc(O)ccc2N1. The number of hydrogen-bond donors (Lipinski definition) is 2. The van der Waals surface area contributed by atoms with E-state index in [0.717, 1.165) is 11.3 Å². The van der Waals surface area contributed by atoms with Crippen LogP contribution in [0.2, 0.25) is 0 Å². The molecule has 1 aliphatic heterocycles. The molecule has 4 heteroatoms. The number of phenols is 1. The summed E-state index contributed by atoms with van der Waals surface area (Å²) in [6.07, 6.45) is 0.537. The third kappa shape index (κ3) is 1.71. The zero-order valence-corrected chi connectivity index (χ0v) is 9.41. The first-order chi connectivity index (χ1) is 7.55. The number of nitrogens with one attached hydrogen (secondary N) is 1. The van der Waals surface area contributed by atoms with E-state index in [-0.39, 0.29) is 11.7 Å². The van der Waals surface area contributed by atoms with E-state index in [0.29, 0.717) is 13.0 Å². The summed E-state index contributed by atoms with van der Waals surface area (Å²) in [5, 5.41) is 12.5. The van der Waals surface area contributed by atoms with Crippen LogP contribution in [0.15, 0.2) is 18.2 Å². The lowest BCUT2D eigenvalue weighted by atomic mass is 9.98. The van der Waals surface area contributed by atoms with Crippen molar-refractivity contribution < 1.29 is 14.6 Å². The number of fused-ring (bicyclic) bond motifs is 1. The summed E-state index contributed by atoms with van der Waals surface area (Å²) in [5.41, 5.74) is 1.11. The Kier molecular flexibility index (Phi) is 2.50. The van der Waals surface area contributed by atoms with Gasteiger partial charge in [0.2, 0.25) is 0 Å². The number of carbonyl (C=O) groups is 1. The highest BCUT2D eigenvalue weighted by Gasteiger charge is 2.40. The molecule has 1 aromatic carbocycles. The molecular weight excluding hydrogens is 206 g/mol. The van der Waals surface area contributed by atoms with Crippen molar-refractivity contribution in [3.8, 4) is 5.75 Å². The minimum Gasteiger partial charge on any atom is -0.508 e. The van der Waals surface area contributed by atoms with E-state index in [1.165, 1.54) is 0 Å². The van der Waals surface area contributed by atoms with Crippen molar-refractivity contribution in [2.45, 2.75) is 25.8 Å². The fourth-order valence-electron chi connectivity index (χ4n) is 1.98. The zero-order chi connectivity index (χ0) is 11.8. The monoisotopic (exact) mass is 221 g/mol. The van der Waals surface area contributed by atoms with Crippen molar-refractivity contribution in [1.82, 2.24) is 0 Å². The summed E-state index contributed by atoms with van der Waals surface area (Å²) in [4.78, 5) is 11.8. The first-order valence-corrected chi connectivity index (χ1v) is 5.32. The maximum atomic E-state index is 11.8. The number of hydrogen-bond acceptors (Lipinski definition) is 4. The van der Waals surface area contributed by atoms with Gasteiger partial charge in [0.05, 0.1) is 6.61 Å². The molecule has 0 spiro atoms. The average molecular weight is 221 g/mol. The fourth-order valence-corrected chi connectivity index (χ4v) is 1.98. The molecule has 1 unspecified atom stereocenters. The first kappa shape index (κ1) is 10.8. The third-order valence-corrected chi connectivity index (χ3v) is 2.77. The summed E-state index contributed by atoms with van der Waals surface area (Å²) in [7, 11) is 0. The third-order valence-electron chi connectivity index (χ3n) is 2.77. The second-order valence-corrected chi connectivity index (χ2v) is 4.20. The molecule has 86 valence electrons. The first-order valence-electron chi connectivity index (χ1n) is 5.32. The van der Waals surface area contributed by atoms with Gasteiger partial charge in [-0.15, -0.1) is 0 Å². The highest BCUT2D eigenvalue weighted by atomic mass is 16.5. The molecule has 2 N–H and O–H groups in total. The molecule has 4 nitrogen and oxygen atoms in total. The van der Waals surface area contributed by atoms with Crippen molar-refractivity contribution in [1.29, 1.82) is 0 Å². The van der Waals surface area contributed by atoms with Gasteiger partial charge in [0.15, 0.2) is 0 Å². The van der Waals surface area contributed by atoms with E-state index in [1.807, 2.05) is 6.92 Å². The Balaban J connectivity index is 2.24. The summed E-state index contributed by atoms with van der Waals surface area (Å²) < 4.78 is 5.03. The molecule has 1 heterocycles. The average Bonchev–Trinajstić information content (AvgIpc) is 2.55. The van der Waals surface area contributed by atoms with Gasteiger partial charge in [-0.05, 0) is 37.6 Å². The minimum absolute atomic E-state index is 0.216. The van der Waals surface area contributed by atoms with E-state index in [1.54, 1.807) is 25.1 Å². The summed E-state index contributed by atoms with van der Waals surface area (Å²) in [6.45, 7) is 3.97. The topological polar surface area (TPSA) is 58.6 Å². The molecule has 0 aliphatic carbocycles. The zero-order valence-electron chi connectivity index (χ0n) is 9.41. The van der Waals surface area contributed by atoms with Crippen LogP contribution in [-0.2, 0) is 16.0 Å². The number of carbonyl (C=O) groups excluding carboxylic acids is 1. The smallest absolute Gasteiger partial charge is 0.331 e. The maximum absolute atomic E-state index is 11.8. The Morgan fingerprint density at radius 2 is 2.38 bits per heavy atom. The standard InChI is InChI=1S/C12H15NO3/c1-3-16-11(15)12(2)7-8-6-9(14)4-5-10(8)13-12/h4-6,13-14H,3,7H2,1-2H3. The summed E-state index contributed by atoms with van der Waals surface area (Å²) >= 11 is 0. The highest BCUT2D eigenvalue weighted by molar-refractivity contribution is 5.87. The van der Waals surface area contributed by atoms with E-state index in [4.69, 9.17) is 4.74 Å². The number of benzene rings is 1. The number of aromatic hydroxyl groups is 1. The van der Waals surface area contributed by atoms with Crippen LogP contribution in [0.4, 0.5) is 5.69 Å². The van der Waals surface area contributed by atoms with Gasteiger partial charge in [0.25, 0.3) is 0 Å². The van der Waals surface area contributed by atoms with Gasteiger partial charge in [-0.2, -0.15) is 0 Å². The van der Waals surface area contributed by atoms with Crippen LogP contribution in [0.3, 0.4) is 0 Å². The quantitative estimate of drug-likeness (QED) is 0.589. The van der Waals surface area contributed by atoms with Gasteiger partial charge in [-0.3, -0.25) is 0 Å². The number of esters is 1. The highest BCUT2D eigenvalue weighted by Crippen LogP contribution is 2.35. The van der Waals surface area contributed by atoms with Crippen LogP contribution in [0, 0.1) is 0 Å². The molecular formula is C12H15NO3. The molecule has 16 heavy (non-hydrogen) atoms. The molecule has 1 atom stereocenters. The second-order valence-electron chi connectivity index (χ2n) is 4.20. The Hall–Kier alpha value is -1.71. The number of anilines is 1. The fraction of sp³-hybridized carbons (Fsp3) is 0.417. The van der Waals surface area contributed by atoms with Crippen LogP contribution >= 0.6 is 0 Å². The lowest BCUT2D eigenvalue weighted by molar-refractivity contribution is -0.147. The molecule has 0 aromatic heterocycles. The lowest BCUT2D eigenvalue weighted by Crippen LogP contribution is -2.43. The van der Waals surface area contributed by atoms with Crippen LogP contribution < -0.4 is 5.32 Å². The molecule has 0 bridgehead atoms. The molecule has 1 aliphatic rings. The van der Waals surface area contributed by atoms with E-state index >= 15 is 0 Å². The molecule has 0 saturated carbocycles. The van der Waals surface area contributed by atoms with Crippen LogP contribution in [0.5, 0.6) is 5.75 Å². The van der Waals surface area contributed by atoms with Gasteiger partial charge in [0, 0.05) is 12.1 Å². The van der Waals surface area contributed by atoms with Crippen molar-refractivity contribution in [2.24, 2.45) is 0 Å². The molecule has 0 amide bonds. The Labute approximate surface area is 94.2 Å². The lowest BCUT2D eigenvalue weighted by Gasteiger charge is -2.22. The van der Waals surface area contributed by atoms with E-state index in [9.17, 15) is 9.90 Å². The van der Waals surface area contributed by atoms with Gasteiger partial charge in [-0.25, -0.2) is 4.79 Å².